The van der Waals surface area contributed by atoms with Gasteiger partial charge in [-0.2, -0.15) is 5.10 Å². The Kier molecular flexibility index (Phi) is 2.72. The molecule has 0 radical (unpaired) electrons. The smallest absolute Gasteiger partial charge is 0.289 e. The molecule has 0 aliphatic rings. The number of rotatable bonds is 2. The van der Waals surface area contributed by atoms with Gasteiger partial charge < -0.3 is 0 Å². The van der Waals surface area contributed by atoms with Gasteiger partial charge in [0, 0.05) is 0 Å². The number of nitrogens with one attached hydrogen (secondary N) is 2. The fourth-order valence-corrected chi connectivity index (χ4v) is 1.95. The number of hydrogen-bond acceptors (Lipinski definition) is 4. The minimum Gasteiger partial charge on any atom is -0.289 e. The molecular weight excluding hydrogens is 266 g/mol. The molecule has 0 aliphatic carbocycles. The van der Waals surface area contributed by atoms with Crippen molar-refractivity contribution in [2.24, 2.45) is 0 Å². The van der Waals surface area contributed by atoms with Crippen LogP contribution in [0.1, 0.15) is 5.69 Å². The van der Waals surface area contributed by atoms with Crippen molar-refractivity contribution in [3.8, 4) is 0 Å². The van der Waals surface area contributed by atoms with Crippen molar-refractivity contribution in [1.82, 2.24) is 19.9 Å². The van der Waals surface area contributed by atoms with Gasteiger partial charge in [-0.25, -0.2) is 9.66 Å². The predicted octanol–water partition coefficient (Wildman–Crippen LogP) is 1.96. The quantitative estimate of drug-likeness (QED) is 0.750. The van der Waals surface area contributed by atoms with E-state index in [4.69, 9.17) is 11.6 Å². The maximum absolute atomic E-state index is 12.2. The first kappa shape index (κ1) is 11.7. The fraction of sp³-hybridized carbons (Fsp3) is 0.0833. The molecule has 0 atom stereocenters. The first-order valence-electron chi connectivity index (χ1n) is 5.60. The summed E-state index contributed by atoms with van der Waals surface area (Å²) in [6.45, 7) is 1.81. The molecular formula is C12H10ClN5O. The first-order chi connectivity index (χ1) is 9.16. The lowest BCUT2D eigenvalue weighted by Gasteiger charge is -2.09. The Labute approximate surface area is 113 Å². The van der Waals surface area contributed by atoms with Crippen LogP contribution in [-0.2, 0) is 0 Å². The number of H-pyrrole nitrogens is 1. The topological polar surface area (TPSA) is 75.6 Å². The van der Waals surface area contributed by atoms with Gasteiger partial charge in [0.25, 0.3) is 0 Å². The van der Waals surface area contributed by atoms with Gasteiger partial charge >= 0.3 is 5.56 Å². The molecule has 3 rings (SSSR count). The summed E-state index contributed by atoms with van der Waals surface area (Å²) < 4.78 is 1.25. The Hall–Kier alpha value is -2.34. The molecule has 6 nitrogen and oxygen atoms in total. The van der Waals surface area contributed by atoms with Crippen LogP contribution in [0.25, 0.3) is 11.0 Å². The van der Waals surface area contributed by atoms with Crippen LogP contribution in [0.3, 0.4) is 0 Å². The van der Waals surface area contributed by atoms with Crippen LogP contribution in [0.5, 0.6) is 0 Å². The molecule has 2 aromatic heterocycles. The molecule has 0 unspecified atom stereocenters. The Morgan fingerprint density at radius 1 is 1.32 bits per heavy atom. The SMILES string of the molecule is Cc1[nH]nc2c(=O)n(Nc3ccccc3Cl)cnc12. The molecule has 96 valence electrons. The average Bonchev–Trinajstić information content (AvgIpc) is 2.78. The lowest BCUT2D eigenvalue weighted by Crippen LogP contribution is -2.26. The third-order valence-electron chi connectivity index (χ3n) is 2.75. The van der Waals surface area contributed by atoms with E-state index in [0.29, 0.717) is 21.7 Å². The van der Waals surface area contributed by atoms with E-state index in [1.807, 2.05) is 19.1 Å². The summed E-state index contributed by atoms with van der Waals surface area (Å²) in [6, 6.07) is 7.15. The summed E-state index contributed by atoms with van der Waals surface area (Å²) in [6.07, 6.45) is 1.41. The molecule has 0 fully saturated rings. The van der Waals surface area contributed by atoms with E-state index in [-0.39, 0.29) is 5.56 Å². The lowest BCUT2D eigenvalue weighted by atomic mass is 10.3. The van der Waals surface area contributed by atoms with Crippen molar-refractivity contribution in [2.75, 3.05) is 5.43 Å². The van der Waals surface area contributed by atoms with Crippen LogP contribution < -0.4 is 11.0 Å². The molecule has 19 heavy (non-hydrogen) atoms. The van der Waals surface area contributed by atoms with Crippen LogP contribution in [0.2, 0.25) is 5.02 Å². The van der Waals surface area contributed by atoms with Crippen LogP contribution in [0.15, 0.2) is 35.4 Å². The monoisotopic (exact) mass is 275 g/mol. The Bertz CT molecular complexity index is 807. The van der Waals surface area contributed by atoms with E-state index in [2.05, 4.69) is 20.6 Å². The van der Waals surface area contributed by atoms with Crippen molar-refractivity contribution in [2.45, 2.75) is 6.92 Å². The van der Waals surface area contributed by atoms with Crippen molar-refractivity contribution in [3.63, 3.8) is 0 Å². The Morgan fingerprint density at radius 3 is 2.89 bits per heavy atom. The molecule has 0 aliphatic heterocycles. The van der Waals surface area contributed by atoms with Gasteiger partial charge in [-0.3, -0.25) is 15.3 Å². The highest BCUT2D eigenvalue weighted by atomic mass is 35.5. The fourth-order valence-electron chi connectivity index (χ4n) is 1.77. The van der Waals surface area contributed by atoms with Gasteiger partial charge in [-0.1, -0.05) is 23.7 Å². The van der Waals surface area contributed by atoms with Gasteiger partial charge in [-0.15, -0.1) is 0 Å². The Morgan fingerprint density at radius 2 is 2.11 bits per heavy atom. The molecule has 0 spiro atoms. The summed E-state index contributed by atoms with van der Waals surface area (Å²) in [5.41, 5.74) is 4.86. The van der Waals surface area contributed by atoms with Crippen molar-refractivity contribution < 1.29 is 0 Å². The number of aromatic amines is 1. The van der Waals surface area contributed by atoms with E-state index in [9.17, 15) is 4.79 Å². The summed E-state index contributed by atoms with van der Waals surface area (Å²) >= 11 is 6.03. The highest BCUT2D eigenvalue weighted by Gasteiger charge is 2.10. The standard InChI is InChI=1S/C12H10ClN5O/c1-7-10-11(16-15-7)12(19)18(6-14-10)17-9-5-3-2-4-8(9)13/h2-6,17H,1H3,(H,15,16). The van der Waals surface area contributed by atoms with Crippen LogP contribution in [0.4, 0.5) is 5.69 Å². The highest BCUT2D eigenvalue weighted by molar-refractivity contribution is 6.33. The minimum atomic E-state index is -0.283. The zero-order chi connectivity index (χ0) is 13.4. The van der Waals surface area contributed by atoms with Crippen LogP contribution in [0, 0.1) is 6.92 Å². The number of para-hydroxylation sites is 1. The van der Waals surface area contributed by atoms with Gasteiger partial charge in [0.15, 0.2) is 5.52 Å². The second-order valence-corrected chi connectivity index (χ2v) is 4.46. The van der Waals surface area contributed by atoms with E-state index < -0.39 is 0 Å². The zero-order valence-corrected chi connectivity index (χ0v) is 10.8. The maximum Gasteiger partial charge on any atom is 0.300 e. The molecule has 0 bridgehead atoms. The summed E-state index contributed by atoms with van der Waals surface area (Å²) in [5, 5.41) is 7.21. The minimum absolute atomic E-state index is 0.283. The largest absolute Gasteiger partial charge is 0.300 e. The normalized spacial score (nSPS) is 10.8. The number of nitrogens with zero attached hydrogens (tertiary/aromatic N) is 3. The molecule has 3 aromatic rings. The molecule has 0 saturated heterocycles. The Balaban J connectivity index is 2.09. The van der Waals surface area contributed by atoms with E-state index in [1.165, 1.54) is 11.0 Å². The lowest BCUT2D eigenvalue weighted by molar-refractivity contribution is 0.876. The number of fused-ring (bicyclic) bond motifs is 1. The summed E-state index contributed by atoms with van der Waals surface area (Å²) in [7, 11) is 0. The molecule has 0 amide bonds. The van der Waals surface area contributed by atoms with Gasteiger partial charge in [0.2, 0.25) is 0 Å². The number of benzene rings is 1. The highest BCUT2D eigenvalue weighted by Crippen LogP contribution is 2.20. The second-order valence-electron chi connectivity index (χ2n) is 4.06. The number of anilines is 1. The third-order valence-corrected chi connectivity index (χ3v) is 3.08. The van der Waals surface area contributed by atoms with E-state index in [1.54, 1.807) is 12.1 Å². The number of halogens is 1. The van der Waals surface area contributed by atoms with Crippen molar-refractivity contribution >= 4 is 28.3 Å². The molecule has 2 N–H and O–H groups in total. The summed E-state index contributed by atoms with van der Waals surface area (Å²) in [5.74, 6) is 0. The van der Waals surface area contributed by atoms with E-state index >= 15 is 0 Å². The van der Waals surface area contributed by atoms with Gasteiger partial charge in [0.1, 0.15) is 11.8 Å². The second kappa shape index (κ2) is 4.40. The van der Waals surface area contributed by atoms with E-state index in [0.717, 1.165) is 5.69 Å². The average molecular weight is 276 g/mol. The van der Waals surface area contributed by atoms with Crippen LogP contribution >= 0.6 is 11.6 Å². The zero-order valence-electron chi connectivity index (χ0n) is 10.0. The van der Waals surface area contributed by atoms with Gasteiger partial charge in [0.05, 0.1) is 16.4 Å². The predicted molar refractivity (Wildman–Crippen MR) is 73.4 cm³/mol. The molecule has 2 heterocycles. The molecule has 0 saturated carbocycles. The number of aryl methyl sites for hydroxylation is 1. The van der Waals surface area contributed by atoms with Crippen LogP contribution in [-0.4, -0.2) is 19.9 Å². The number of hydrogen-bond donors (Lipinski definition) is 2. The third kappa shape index (κ3) is 1.96. The molecule has 7 heteroatoms. The maximum atomic E-state index is 12.2. The summed E-state index contributed by atoms with van der Waals surface area (Å²) in [4.78, 5) is 16.4. The van der Waals surface area contributed by atoms with Crippen molar-refractivity contribution in [3.05, 3.63) is 51.7 Å². The van der Waals surface area contributed by atoms with Gasteiger partial charge in [-0.05, 0) is 19.1 Å². The van der Waals surface area contributed by atoms with Crippen molar-refractivity contribution in [1.29, 1.82) is 0 Å². The first-order valence-corrected chi connectivity index (χ1v) is 5.98. The molecule has 1 aromatic carbocycles. The number of aromatic nitrogens is 4.